The Morgan fingerprint density at radius 1 is 1.33 bits per heavy atom. The lowest BCUT2D eigenvalue weighted by molar-refractivity contribution is -0.115. The van der Waals surface area contributed by atoms with Gasteiger partial charge in [0.05, 0.1) is 16.6 Å². The van der Waals surface area contributed by atoms with E-state index in [0.29, 0.717) is 5.82 Å². The largest absolute Gasteiger partial charge is 0.311 e. The minimum Gasteiger partial charge on any atom is -0.311 e. The van der Waals surface area contributed by atoms with Gasteiger partial charge in [-0.2, -0.15) is 0 Å². The van der Waals surface area contributed by atoms with Crippen LogP contribution in [0, 0.1) is 0 Å². The molecule has 3 heterocycles. The van der Waals surface area contributed by atoms with E-state index in [1.807, 2.05) is 12.1 Å². The smallest absolute Gasteiger partial charge is 0.226 e. The minimum absolute atomic E-state index is 0.0951. The second-order valence-corrected chi connectivity index (χ2v) is 8.52. The number of pyridine rings is 2. The number of carbonyl (C=O) groups is 1. The SMILES string of the molecule is CS(=O)(=O)CCC(=O)Nc1cc2sc(-c3cccnc3)nc2cn1. The molecule has 0 atom stereocenters. The van der Waals surface area contributed by atoms with Crippen molar-refractivity contribution in [3.63, 3.8) is 0 Å². The van der Waals surface area contributed by atoms with Gasteiger partial charge in [0.15, 0.2) is 0 Å². The van der Waals surface area contributed by atoms with Gasteiger partial charge >= 0.3 is 0 Å². The molecule has 0 radical (unpaired) electrons. The normalized spacial score (nSPS) is 11.5. The third kappa shape index (κ3) is 4.12. The molecule has 0 aliphatic rings. The molecule has 9 heteroatoms. The number of nitrogens with zero attached hydrogens (tertiary/aromatic N) is 3. The molecule has 0 fully saturated rings. The highest BCUT2D eigenvalue weighted by atomic mass is 32.2. The van der Waals surface area contributed by atoms with Crippen molar-refractivity contribution in [3.8, 4) is 10.6 Å². The molecule has 0 saturated heterocycles. The van der Waals surface area contributed by atoms with E-state index in [1.165, 1.54) is 11.3 Å². The Bertz CT molecular complexity index is 984. The number of nitrogens with one attached hydrogen (secondary N) is 1. The van der Waals surface area contributed by atoms with E-state index >= 15 is 0 Å². The zero-order valence-electron chi connectivity index (χ0n) is 12.8. The van der Waals surface area contributed by atoms with Crippen molar-refractivity contribution in [2.75, 3.05) is 17.3 Å². The molecular weight excluding hydrogens is 348 g/mol. The molecule has 0 unspecified atom stereocenters. The molecule has 0 bridgehead atoms. The van der Waals surface area contributed by atoms with Gasteiger partial charge in [-0.1, -0.05) is 0 Å². The lowest BCUT2D eigenvalue weighted by Gasteiger charge is -2.03. The Balaban J connectivity index is 1.78. The van der Waals surface area contributed by atoms with Gasteiger partial charge in [0, 0.05) is 36.7 Å². The van der Waals surface area contributed by atoms with Crippen LogP contribution in [-0.2, 0) is 14.6 Å². The fourth-order valence-electron chi connectivity index (χ4n) is 2.00. The van der Waals surface area contributed by atoms with Crippen molar-refractivity contribution in [1.82, 2.24) is 15.0 Å². The van der Waals surface area contributed by atoms with E-state index in [2.05, 4.69) is 20.3 Å². The Morgan fingerprint density at radius 3 is 2.88 bits per heavy atom. The molecule has 124 valence electrons. The van der Waals surface area contributed by atoms with Crippen LogP contribution in [0.5, 0.6) is 0 Å². The van der Waals surface area contributed by atoms with E-state index in [1.54, 1.807) is 24.7 Å². The summed E-state index contributed by atoms with van der Waals surface area (Å²) in [5.74, 6) is -0.195. The van der Waals surface area contributed by atoms with Gasteiger partial charge in [-0.25, -0.2) is 18.4 Å². The number of rotatable bonds is 5. The Labute approximate surface area is 142 Å². The summed E-state index contributed by atoms with van der Waals surface area (Å²) in [4.78, 5) is 24.5. The van der Waals surface area contributed by atoms with Crippen molar-refractivity contribution in [2.24, 2.45) is 0 Å². The van der Waals surface area contributed by atoms with Crippen LogP contribution in [0.15, 0.2) is 36.8 Å². The van der Waals surface area contributed by atoms with Gasteiger partial charge in [0.2, 0.25) is 5.91 Å². The third-order valence-corrected chi connectivity index (χ3v) is 5.16. The average Bonchev–Trinajstić information content (AvgIpc) is 2.96. The Morgan fingerprint density at radius 2 is 2.17 bits per heavy atom. The molecule has 1 amide bonds. The lowest BCUT2D eigenvalue weighted by atomic mass is 10.3. The van der Waals surface area contributed by atoms with E-state index in [9.17, 15) is 13.2 Å². The molecule has 7 nitrogen and oxygen atoms in total. The van der Waals surface area contributed by atoms with E-state index in [0.717, 1.165) is 27.0 Å². The lowest BCUT2D eigenvalue weighted by Crippen LogP contribution is -2.17. The molecule has 0 aliphatic carbocycles. The molecule has 3 aromatic rings. The van der Waals surface area contributed by atoms with E-state index < -0.39 is 9.84 Å². The number of thiazole rings is 1. The zero-order valence-corrected chi connectivity index (χ0v) is 14.4. The summed E-state index contributed by atoms with van der Waals surface area (Å²) in [6.07, 6.45) is 6.02. The monoisotopic (exact) mass is 362 g/mol. The highest BCUT2D eigenvalue weighted by Crippen LogP contribution is 2.30. The molecular formula is C15H14N4O3S2. The number of fused-ring (bicyclic) bond motifs is 1. The summed E-state index contributed by atoms with van der Waals surface area (Å²) in [6.45, 7) is 0. The fourth-order valence-corrected chi connectivity index (χ4v) is 3.52. The summed E-state index contributed by atoms with van der Waals surface area (Å²) in [6, 6.07) is 5.49. The summed E-state index contributed by atoms with van der Waals surface area (Å²) in [5.41, 5.74) is 1.64. The van der Waals surface area contributed by atoms with Crippen molar-refractivity contribution in [3.05, 3.63) is 36.8 Å². The van der Waals surface area contributed by atoms with Crippen molar-refractivity contribution >= 4 is 43.1 Å². The van der Waals surface area contributed by atoms with Crippen LogP contribution in [0.25, 0.3) is 20.8 Å². The predicted octanol–water partition coefficient (Wildman–Crippen LogP) is 2.13. The number of anilines is 1. The zero-order chi connectivity index (χ0) is 17.2. The number of sulfone groups is 1. The predicted molar refractivity (Wildman–Crippen MR) is 93.6 cm³/mol. The number of amides is 1. The Hall–Kier alpha value is -2.39. The first-order valence-corrected chi connectivity index (χ1v) is 9.93. The van der Waals surface area contributed by atoms with Crippen molar-refractivity contribution in [2.45, 2.75) is 6.42 Å². The van der Waals surface area contributed by atoms with Gasteiger partial charge in [-0.3, -0.25) is 9.78 Å². The summed E-state index contributed by atoms with van der Waals surface area (Å²) in [7, 11) is -3.17. The van der Waals surface area contributed by atoms with Gasteiger partial charge in [-0.15, -0.1) is 11.3 Å². The van der Waals surface area contributed by atoms with Gasteiger partial charge in [0.25, 0.3) is 0 Å². The summed E-state index contributed by atoms with van der Waals surface area (Å²) < 4.78 is 23.1. The molecule has 0 aliphatic heterocycles. The van der Waals surface area contributed by atoms with Gasteiger partial charge in [-0.05, 0) is 12.1 Å². The van der Waals surface area contributed by atoms with Crippen LogP contribution >= 0.6 is 11.3 Å². The highest BCUT2D eigenvalue weighted by molar-refractivity contribution is 7.90. The second-order valence-electron chi connectivity index (χ2n) is 5.23. The topological polar surface area (TPSA) is 102 Å². The minimum atomic E-state index is -3.17. The maximum absolute atomic E-state index is 11.8. The van der Waals surface area contributed by atoms with Crippen LogP contribution in [0.1, 0.15) is 6.42 Å². The summed E-state index contributed by atoms with van der Waals surface area (Å²) in [5, 5.41) is 3.43. The van der Waals surface area contributed by atoms with Crippen LogP contribution in [-0.4, -0.2) is 41.3 Å². The second kappa shape index (κ2) is 6.62. The fraction of sp³-hybridized carbons (Fsp3) is 0.200. The molecule has 0 saturated carbocycles. The van der Waals surface area contributed by atoms with Gasteiger partial charge in [0.1, 0.15) is 26.2 Å². The van der Waals surface area contributed by atoms with Crippen molar-refractivity contribution in [1.29, 1.82) is 0 Å². The Kier molecular flexibility index (Phi) is 4.54. The summed E-state index contributed by atoms with van der Waals surface area (Å²) >= 11 is 1.47. The van der Waals surface area contributed by atoms with Crippen LogP contribution in [0.3, 0.4) is 0 Å². The number of hydrogen-bond acceptors (Lipinski definition) is 7. The molecule has 3 aromatic heterocycles. The quantitative estimate of drug-likeness (QED) is 0.746. The number of aromatic nitrogens is 3. The van der Waals surface area contributed by atoms with E-state index in [-0.39, 0.29) is 18.1 Å². The first kappa shape index (κ1) is 16.5. The first-order valence-electron chi connectivity index (χ1n) is 7.05. The molecule has 0 aromatic carbocycles. The van der Waals surface area contributed by atoms with E-state index in [4.69, 9.17) is 0 Å². The average molecular weight is 362 g/mol. The molecule has 1 N–H and O–H groups in total. The molecule has 3 rings (SSSR count). The van der Waals surface area contributed by atoms with Crippen molar-refractivity contribution < 1.29 is 13.2 Å². The standard InChI is InChI=1S/C15H14N4O3S2/c1-24(21,22)6-4-14(20)19-13-7-12-11(9-17-13)18-15(23-12)10-3-2-5-16-8-10/h2-3,5,7-9H,4,6H2,1H3,(H,17,19,20). The van der Waals surface area contributed by atoms with Crippen LogP contribution < -0.4 is 5.32 Å². The maximum atomic E-state index is 11.8. The third-order valence-electron chi connectivity index (χ3n) is 3.15. The highest BCUT2D eigenvalue weighted by Gasteiger charge is 2.11. The van der Waals surface area contributed by atoms with Gasteiger partial charge < -0.3 is 5.32 Å². The number of carbonyl (C=O) groups excluding carboxylic acids is 1. The van der Waals surface area contributed by atoms with Crippen LogP contribution in [0.2, 0.25) is 0 Å². The molecule has 24 heavy (non-hydrogen) atoms. The molecule has 0 spiro atoms. The maximum Gasteiger partial charge on any atom is 0.226 e. The van der Waals surface area contributed by atoms with Crippen LogP contribution in [0.4, 0.5) is 5.82 Å². The number of hydrogen-bond donors (Lipinski definition) is 1. The first-order chi connectivity index (χ1) is 11.4.